The van der Waals surface area contributed by atoms with E-state index in [4.69, 9.17) is 0 Å². The van der Waals surface area contributed by atoms with Crippen LogP contribution < -0.4 is 5.32 Å². The summed E-state index contributed by atoms with van der Waals surface area (Å²) in [5.41, 5.74) is 0.883. The highest BCUT2D eigenvalue weighted by Crippen LogP contribution is 2.18. The molecule has 0 saturated carbocycles. The van der Waals surface area contributed by atoms with Crippen LogP contribution in [0.1, 0.15) is 6.92 Å². The van der Waals surface area contributed by atoms with Gasteiger partial charge in [-0.3, -0.25) is 9.69 Å². The third-order valence-electron chi connectivity index (χ3n) is 3.63. The van der Waals surface area contributed by atoms with Gasteiger partial charge in [-0.2, -0.15) is 0 Å². The Morgan fingerprint density at radius 2 is 1.95 bits per heavy atom. The molecule has 0 radical (unpaired) electrons. The van der Waals surface area contributed by atoms with E-state index in [0.717, 1.165) is 38.4 Å². The van der Waals surface area contributed by atoms with E-state index in [1.54, 1.807) is 11.8 Å². The Morgan fingerprint density at radius 1 is 1.25 bits per heavy atom. The summed E-state index contributed by atoms with van der Waals surface area (Å²) < 4.78 is 0. The van der Waals surface area contributed by atoms with Crippen LogP contribution in [0.2, 0.25) is 0 Å². The Labute approximate surface area is 125 Å². The van der Waals surface area contributed by atoms with Crippen molar-refractivity contribution in [2.75, 3.05) is 50.8 Å². The van der Waals surface area contributed by atoms with Gasteiger partial charge in [0.2, 0.25) is 5.91 Å². The van der Waals surface area contributed by atoms with Gasteiger partial charge in [0.05, 0.1) is 6.54 Å². The van der Waals surface area contributed by atoms with E-state index in [2.05, 4.69) is 22.0 Å². The number of benzene rings is 1. The first-order chi connectivity index (χ1) is 9.71. The Balaban J connectivity index is 1.80. The minimum Gasteiger partial charge on any atom is -0.325 e. The summed E-state index contributed by atoms with van der Waals surface area (Å²) in [6.07, 6.45) is 2.04. The van der Waals surface area contributed by atoms with Gasteiger partial charge in [0.15, 0.2) is 0 Å². The van der Waals surface area contributed by atoms with Crippen molar-refractivity contribution < 1.29 is 4.79 Å². The zero-order valence-electron chi connectivity index (χ0n) is 12.3. The second kappa shape index (κ2) is 7.67. The van der Waals surface area contributed by atoms with Crippen LogP contribution in [0.3, 0.4) is 0 Å². The molecule has 0 aliphatic carbocycles. The second-order valence-electron chi connectivity index (χ2n) is 4.99. The van der Waals surface area contributed by atoms with Gasteiger partial charge in [-0.15, -0.1) is 11.8 Å². The molecule has 1 aromatic rings. The number of hydrogen-bond donors (Lipinski definition) is 1. The molecule has 0 spiro atoms. The Hall–Kier alpha value is -1.04. The second-order valence-corrected chi connectivity index (χ2v) is 5.87. The molecule has 0 bridgehead atoms. The minimum atomic E-state index is 0.0770. The maximum absolute atomic E-state index is 12.1. The van der Waals surface area contributed by atoms with E-state index in [-0.39, 0.29) is 5.91 Å². The maximum atomic E-state index is 12.1. The summed E-state index contributed by atoms with van der Waals surface area (Å²) in [5, 5.41) is 2.98. The van der Waals surface area contributed by atoms with Gasteiger partial charge < -0.3 is 10.2 Å². The van der Waals surface area contributed by atoms with E-state index in [1.165, 1.54) is 4.90 Å². The molecule has 1 N–H and O–H groups in total. The molecular formula is C15H23N3OS. The highest BCUT2D eigenvalue weighted by atomic mass is 32.2. The van der Waals surface area contributed by atoms with Crippen molar-refractivity contribution in [2.45, 2.75) is 11.8 Å². The molecule has 1 aliphatic heterocycles. The van der Waals surface area contributed by atoms with E-state index in [0.29, 0.717) is 6.54 Å². The molecule has 2 rings (SSSR count). The average Bonchev–Trinajstić information content (AvgIpc) is 2.48. The van der Waals surface area contributed by atoms with E-state index >= 15 is 0 Å². The summed E-state index contributed by atoms with van der Waals surface area (Å²) in [4.78, 5) is 17.9. The lowest BCUT2D eigenvalue weighted by Gasteiger charge is -2.33. The topological polar surface area (TPSA) is 35.6 Å². The standard InChI is InChI=1S/C15H23N3OS/c1-3-17-7-9-18(10-8-17)12-15(19)16-13-5-4-6-14(11-13)20-2/h4-6,11H,3,7-10,12H2,1-2H3,(H,16,19). The molecule has 4 nitrogen and oxygen atoms in total. The Kier molecular flexibility index (Phi) is 5.88. The van der Waals surface area contributed by atoms with Crippen LogP contribution in [-0.4, -0.2) is 61.2 Å². The van der Waals surface area contributed by atoms with Crippen LogP contribution in [0.5, 0.6) is 0 Å². The highest BCUT2D eigenvalue weighted by Gasteiger charge is 2.17. The number of nitrogens with one attached hydrogen (secondary N) is 1. The van der Waals surface area contributed by atoms with Crippen molar-refractivity contribution in [3.63, 3.8) is 0 Å². The molecule has 1 heterocycles. The van der Waals surface area contributed by atoms with Crippen LogP contribution in [0.15, 0.2) is 29.2 Å². The highest BCUT2D eigenvalue weighted by molar-refractivity contribution is 7.98. The minimum absolute atomic E-state index is 0.0770. The lowest BCUT2D eigenvalue weighted by atomic mass is 10.3. The van der Waals surface area contributed by atoms with Gasteiger partial charge in [0, 0.05) is 36.8 Å². The molecule has 20 heavy (non-hydrogen) atoms. The zero-order valence-corrected chi connectivity index (χ0v) is 13.1. The predicted octanol–water partition coefficient (Wildman–Crippen LogP) is 1.98. The molecule has 110 valence electrons. The van der Waals surface area contributed by atoms with Gasteiger partial charge in [0.1, 0.15) is 0 Å². The molecule has 5 heteroatoms. The maximum Gasteiger partial charge on any atom is 0.238 e. The van der Waals surface area contributed by atoms with Gasteiger partial charge in [-0.25, -0.2) is 0 Å². The smallest absolute Gasteiger partial charge is 0.238 e. The fourth-order valence-electron chi connectivity index (χ4n) is 2.37. The van der Waals surface area contributed by atoms with Gasteiger partial charge in [-0.05, 0) is 31.0 Å². The summed E-state index contributed by atoms with van der Waals surface area (Å²) in [6.45, 7) is 7.85. The van der Waals surface area contributed by atoms with Crippen molar-refractivity contribution in [3.8, 4) is 0 Å². The lowest BCUT2D eigenvalue weighted by molar-refractivity contribution is -0.117. The fraction of sp³-hybridized carbons (Fsp3) is 0.533. The first-order valence-corrected chi connectivity index (χ1v) is 8.32. The Morgan fingerprint density at radius 3 is 2.60 bits per heavy atom. The number of carbonyl (C=O) groups excluding carboxylic acids is 1. The number of hydrogen-bond acceptors (Lipinski definition) is 4. The molecular weight excluding hydrogens is 270 g/mol. The van der Waals surface area contributed by atoms with Crippen LogP contribution in [0.25, 0.3) is 0 Å². The summed E-state index contributed by atoms with van der Waals surface area (Å²) in [7, 11) is 0. The monoisotopic (exact) mass is 293 g/mol. The number of piperazine rings is 1. The van der Waals surface area contributed by atoms with Crippen LogP contribution in [0, 0.1) is 0 Å². The summed E-state index contributed by atoms with van der Waals surface area (Å²) in [5.74, 6) is 0.0770. The number of rotatable bonds is 5. The third-order valence-corrected chi connectivity index (χ3v) is 4.36. The van der Waals surface area contributed by atoms with E-state index in [9.17, 15) is 4.79 Å². The summed E-state index contributed by atoms with van der Waals surface area (Å²) >= 11 is 1.68. The van der Waals surface area contributed by atoms with Crippen molar-refractivity contribution in [2.24, 2.45) is 0 Å². The molecule has 1 fully saturated rings. The molecule has 1 aliphatic rings. The van der Waals surface area contributed by atoms with Gasteiger partial charge in [-0.1, -0.05) is 13.0 Å². The van der Waals surface area contributed by atoms with Crippen molar-refractivity contribution in [3.05, 3.63) is 24.3 Å². The number of carbonyl (C=O) groups is 1. The first-order valence-electron chi connectivity index (χ1n) is 7.10. The quantitative estimate of drug-likeness (QED) is 0.842. The fourth-order valence-corrected chi connectivity index (χ4v) is 2.83. The molecule has 1 aromatic carbocycles. The van der Waals surface area contributed by atoms with Crippen molar-refractivity contribution in [1.29, 1.82) is 0 Å². The number of thioether (sulfide) groups is 1. The molecule has 1 saturated heterocycles. The largest absolute Gasteiger partial charge is 0.325 e. The number of likely N-dealkylation sites (N-methyl/N-ethyl adjacent to an activating group) is 1. The van der Waals surface area contributed by atoms with Crippen LogP contribution >= 0.6 is 11.8 Å². The van der Waals surface area contributed by atoms with Crippen LogP contribution in [-0.2, 0) is 4.79 Å². The van der Waals surface area contributed by atoms with Gasteiger partial charge >= 0.3 is 0 Å². The molecule has 0 unspecified atom stereocenters. The van der Waals surface area contributed by atoms with Gasteiger partial charge in [0.25, 0.3) is 0 Å². The van der Waals surface area contributed by atoms with Crippen LogP contribution in [0.4, 0.5) is 5.69 Å². The Bertz CT molecular complexity index is 444. The SMILES string of the molecule is CCN1CCN(CC(=O)Nc2cccc(SC)c2)CC1. The number of nitrogens with zero attached hydrogens (tertiary/aromatic N) is 2. The molecule has 0 aromatic heterocycles. The van der Waals surface area contributed by atoms with E-state index < -0.39 is 0 Å². The zero-order chi connectivity index (χ0) is 14.4. The van der Waals surface area contributed by atoms with E-state index in [1.807, 2.05) is 30.5 Å². The molecule has 0 atom stereocenters. The normalized spacial score (nSPS) is 17.1. The van der Waals surface area contributed by atoms with Crippen molar-refractivity contribution >= 4 is 23.4 Å². The predicted molar refractivity (Wildman–Crippen MR) is 85.4 cm³/mol. The molecule has 1 amide bonds. The summed E-state index contributed by atoms with van der Waals surface area (Å²) in [6, 6.07) is 7.97. The lowest BCUT2D eigenvalue weighted by Crippen LogP contribution is -2.48. The number of amides is 1. The first kappa shape index (κ1) is 15.4. The number of anilines is 1. The van der Waals surface area contributed by atoms with Crippen molar-refractivity contribution in [1.82, 2.24) is 9.80 Å². The average molecular weight is 293 g/mol. The third kappa shape index (κ3) is 4.51.